The third-order valence-electron chi connectivity index (χ3n) is 5.20. The third kappa shape index (κ3) is 5.56. The molecule has 1 amide bonds. The zero-order valence-electron chi connectivity index (χ0n) is 18.9. The lowest BCUT2D eigenvalue weighted by Crippen LogP contribution is -2.40. The largest absolute Gasteiger partial charge is 0.495 e. The van der Waals surface area contributed by atoms with Crippen molar-refractivity contribution < 1.29 is 22.7 Å². The summed E-state index contributed by atoms with van der Waals surface area (Å²) in [4.78, 5) is 12.6. The first-order valence-electron chi connectivity index (χ1n) is 10.5. The van der Waals surface area contributed by atoms with Gasteiger partial charge in [-0.15, -0.1) is 0 Å². The third-order valence-corrected chi connectivity index (χ3v) is 7.12. The van der Waals surface area contributed by atoms with Crippen LogP contribution in [0.2, 0.25) is 0 Å². The zero-order chi connectivity index (χ0) is 23.4. The van der Waals surface area contributed by atoms with Crippen LogP contribution in [0.4, 0.5) is 5.69 Å². The van der Waals surface area contributed by atoms with E-state index in [1.165, 1.54) is 23.6 Å². The van der Waals surface area contributed by atoms with Gasteiger partial charge in [0, 0.05) is 24.9 Å². The summed E-state index contributed by atoms with van der Waals surface area (Å²) < 4.78 is 38.2. The lowest BCUT2D eigenvalue weighted by atomic mass is 9.86. The van der Waals surface area contributed by atoms with Gasteiger partial charge >= 0.3 is 0 Å². The second-order valence-corrected chi connectivity index (χ2v) is 10.5. The van der Waals surface area contributed by atoms with Gasteiger partial charge < -0.3 is 14.8 Å². The fraction of sp³-hybridized carbons (Fsp3) is 0.375. The predicted molar refractivity (Wildman–Crippen MR) is 125 cm³/mol. The van der Waals surface area contributed by atoms with Crippen LogP contribution in [0.1, 0.15) is 31.9 Å². The number of nitrogens with one attached hydrogen (secondary N) is 1. The number of nitrogens with zero attached hydrogens (tertiary/aromatic N) is 1. The number of sulfonamides is 1. The molecule has 1 aliphatic heterocycles. The van der Waals surface area contributed by atoms with Crippen molar-refractivity contribution >= 4 is 27.7 Å². The minimum Gasteiger partial charge on any atom is -0.495 e. The first-order valence-corrected chi connectivity index (χ1v) is 11.9. The highest BCUT2D eigenvalue weighted by Gasteiger charge is 2.29. The van der Waals surface area contributed by atoms with E-state index in [1.54, 1.807) is 18.2 Å². The fourth-order valence-corrected chi connectivity index (χ4v) is 5.12. The molecular formula is C24H30N2O5S. The summed E-state index contributed by atoms with van der Waals surface area (Å²) >= 11 is 0. The van der Waals surface area contributed by atoms with Crippen LogP contribution in [-0.4, -0.2) is 52.0 Å². The van der Waals surface area contributed by atoms with E-state index in [-0.39, 0.29) is 22.0 Å². The molecule has 3 rings (SSSR count). The van der Waals surface area contributed by atoms with Gasteiger partial charge in [0.05, 0.1) is 20.3 Å². The van der Waals surface area contributed by atoms with Crippen LogP contribution in [0.5, 0.6) is 5.75 Å². The number of benzene rings is 2. The number of carbonyl (C=O) groups excluding carboxylic acids is 1. The number of morpholine rings is 1. The minimum atomic E-state index is -3.74. The van der Waals surface area contributed by atoms with Crippen molar-refractivity contribution in [3.63, 3.8) is 0 Å². The molecule has 0 spiro atoms. The maximum Gasteiger partial charge on any atom is 0.248 e. The molecule has 172 valence electrons. The Morgan fingerprint density at radius 1 is 1.12 bits per heavy atom. The van der Waals surface area contributed by atoms with Crippen LogP contribution in [0.15, 0.2) is 53.4 Å². The molecule has 0 unspecified atom stereocenters. The average molecular weight is 459 g/mol. The fourth-order valence-electron chi connectivity index (χ4n) is 3.52. The van der Waals surface area contributed by atoms with E-state index in [0.717, 1.165) is 11.3 Å². The summed E-state index contributed by atoms with van der Waals surface area (Å²) in [6.07, 6.45) is 2.99. The van der Waals surface area contributed by atoms with Crippen molar-refractivity contribution in [1.82, 2.24) is 4.31 Å². The summed E-state index contributed by atoms with van der Waals surface area (Å²) in [6.45, 7) is 7.56. The van der Waals surface area contributed by atoms with Gasteiger partial charge in [0.2, 0.25) is 15.9 Å². The monoisotopic (exact) mass is 458 g/mol. The molecule has 2 aromatic carbocycles. The van der Waals surface area contributed by atoms with Crippen molar-refractivity contribution in [2.75, 3.05) is 38.7 Å². The summed E-state index contributed by atoms with van der Waals surface area (Å²) in [7, 11) is -2.31. The average Bonchev–Trinajstić information content (AvgIpc) is 2.77. The Hall–Kier alpha value is -2.68. The van der Waals surface area contributed by atoms with E-state index in [9.17, 15) is 13.2 Å². The minimum absolute atomic E-state index is 0.0718. The molecule has 1 aliphatic rings. The molecule has 1 heterocycles. The number of rotatable bonds is 6. The molecule has 0 aromatic heterocycles. The van der Waals surface area contributed by atoms with Crippen LogP contribution in [0, 0.1) is 0 Å². The number of hydrogen-bond donors (Lipinski definition) is 1. The molecule has 7 nitrogen and oxygen atoms in total. The Kier molecular flexibility index (Phi) is 7.38. The van der Waals surface area contributed by atoms with E-state index >= 15 is 0 Å². The highest BCUT2D eigenvalue weighted by atomic mass is 32.2. The van der Waals surface area contributed by atoms with Gasteiger partial charge in [-0.1, -0.05) is 45.0 Å². The molecule has 0 radical (unpaired) electrons. The molecule has 0 atom stereocenters. The number of methoxy groups -OCH3 is 1. The Balaban J connectivity index is 1.82. The number of para-hydroxylation sites is 1. The van der Waals surface area contributed by atoms with Gasteiger partial charge in [-0.3, -0.25) is 4.79 Å². The molecule has 0 aliphatic carbocycles. The van der Waals surface area contributed by atoms with Crippen LogP contribution in [0.25, 0.3) is 6.08 Å². The number of anilines is 1. The number of amides is 1. The van der Waals surface area contributed by atoms with Gasteiger partial charge in [0.25, 0.3) is 0 Å². The van der Waals surface area contributed by atoms with Crippen molar-refractivity contribution in [1.29, 1.82) is 0 Å². The Bertz CT molecular complexity index is 1100. The van der Waals surface area contributed by atoms with E-state index in [0.29, 0.717) is 31.9 Å². The molecule has 32 heavy (non-hydrogen) atoms. The summed E-state index contributed by atoms with van der Waals surface area (Å²) in [6, 6.07) is 12.5. The van der Waals surface area contributed by atoms with Crippen molar-refractivity contribution in [2.24, 2.45) is 0 Å². The maximum absolute atomic E-state index is 13.1. The highest BCUT2D eigenvalue weighted by Crippen LogP contribution is 2.30. The van der Waals surface area contributed by atoms with E-state index in [2.05, 4.69) is 26.1 Å². The number of carbonyl (C=O) groups is 1. The summed E-state index contributed by atoms with van der Waals surface area (Å²) in [5, 5.41) is 2.92. The molecule has 2 aromatic rings. The summed E-state index contributed by atoms with van der Waals surface area (Å²) in [5.41, 5.74) is 2.24. The smallest absolute Gasteiger partial charge is 0.248 e. The number of ether oxygens (including phenoxy) is 2. The van der Waals surface area contributed by atoms with Gasteiger partial charge in [0.15, 0.2) is 0 Å². The van der Waals surface area contributed by atoms with Gasteiger partial charge in [-0.05, 0) is 40.8 Å². The Labute approximate surface area is 190 Å². The van der Waals surface area contributed by atoms with Crippen LogP contribution < -0.4 is 10.1 Å². The van der Waals surface area contributed by atoms with Crippen LogP contribution in [-0.2, 0) is 25.0 Å². The Morgan fingerprint density at radius 3 is 2.47 bits per heavy atom. The van der Waals surface area contributed by atoms with E-state index < -0.39 is 10.0 Å². The standard InChI is InChI=1S/C24H30N2O5S/c1-24(2,3)19-7-5-6-8-20(19)25-23(27)12-10-18-9-11-21(30-4)22(17-18)32(28,29)26-13-15-31-16-14-26/h5-12,17H,13-16H2,1-4H3,(H,25,27). The second kappa shape index (κ2) is 9.85. The van der Waals surface area contributed by atoms with E-state index in [4.69, 9.17) is 9.47 Å². The molecule has 1 fully saturated rings. The Morgan fingerprint density at radius 2 is 1.81 bits per heavy atom. The quantitative estimate of drug-likeness (QED) is 0.668. The molecular weight excluding hydrogens is 428 g/mol. The van der Waals surface area contributed by atoms with Crippen molar-refractivity contribution in [3.05, 3.63) is 59.7 Å². The molecule has 0 bridgehead atoms. The first-order chi connectivity index (χ1) is 15.1. The van der Waals surface area contributed by atoms with Crippen LogP contribution >= 0.6 is 0 Å². The molecule has 1 N–H and O–H groups in total. The maximum atomic E-state index is 13.1. The zero-order valence-corrected chi connectivity index (χ0v) is 19.7. The summed E-state index contributed by atoms with van der Waals surface area (Å²) in [5.74, 6) is -0.0349. The lowest BCUT2D eigenvalue weighted by Gasteiger charge is -2.26. The topological polar surface area (TPSA) is 84.9 Å². The van der Waals surface area contributed by atoms with Crippen LogP contribution in [0.3, 0.4) is 0 Å². The van der Waals surface area contributed by atoms with Gasteiger partial charge in [-0.2, -0.15) is 4.31 Å². The highest BCUT2D eigenvalue weighted by molar-refractivity contribution is 7.89. The predicted octanol–water partition coefficient (Wildman–Crippen LogP) is 3.67. The first kappa shape index (κ1) is 24.0. The van der Waals surface area contributed by atoms with Crippen molar-refractivity contribution in [2.45, 2.75) is 31.1 Å². The van der Waals surface area contributed by atoms with Gasteiger partial charge in [0.1, 0.15) is 10.6 Å². The molecule has 0 saturated carbocycles. The van der Waals surface area contributed by atoms with Crippen molar-refractivity contribution in [3.8, 4) is 5.75 Å². The lowest BCUT2D eigenvalue weighted by molar-refractivity contribution is -0.111. The van der Waals surface area contributed by atoms with Gasteiger partial charge in [-0.25, -0.2) is 8.42 Å². The SMILES string of the molecule is COc1ccc(C=CC(=O)Nc2ccccc2C(C)(C)C)cc1S(=O)(=O)N1CCOCC1. The molecule has 8 heteroatoms. The number of hydrogen-bond acceptors (Lipinski definition) is 5. The van der Waals surface area contributed by atoms with E-state index in [1.807, 2.05) is 24.3 Å². The second-order valence-electron chi connectivity index (χ2n) is 8.54. The normalized spacial score (nSPS) is 15.6. The molecule has 1 saturated heterocycles.